The summed E-state index contributed by atoms with van der Waals surface area (Å²) in [6.07, 6.45) is 14.3. The number of carbonyl (C=O) groups is 4. The first-order valence-corrected chi connectivity index (χ1v) is 27.0. The van der Waals surface area contributed by atoms with Crippen LogP contribution in [0.1, 0.15) is 103 Å². The molecule has 2 saturated carbocycles. The molecule has 8 rings (SSSR count). The number of piperidine rings is 1. The molecule has 1 aromatic heterocycles. The second-order valence-electron chi connectivity index (χ2n) is 19.3. The summed E-state index contributed by atoms with van der Waals surface area (Å²) >= 11 is -1.07. The summed E-state index contributed by atoms with van der Waals surface area (Å²) in [5.41, 5.74) is 0.646. The summed E-state index contributed by atoms with van der Waals surface area (Å²) < 4.78 is 45.8. The van der Waals surface area contributed by atoms with Crippen LogP contribution in [0, 0.1) is 11.3 Å². The van der Waals surface area contributed by atoms with Crippen molar-refractivity contribution in [3.63, 3.8) is 0 Å². The summed E-state index contributed by atoms with van der Waals surface area (Å²) in [6.45, 7) is 13.0. The van der Waals surface area contributed by atoms with Crippen LogP contribution in [0.25, 0.3) is 10.9 Å². The average Bonchev–Trinajstić information content (AvgIpc) is 4.16. The fourth-order valence-corrected chi connectivity index (χ4v) is 13.8. The number of halogens is 1. The number of nitrogens with one attached hydrogen (secondary N) is 3. The zero-order valence-electron chi connectivity index (χ0n) is 37.3. The second-order valence-corrected chi connectivity index (χ2v) is 24.9. The number of likely N-dealkylation sites (tertiary alicyclic amines) is 1. The number of fused-ring (bicyclic) bond motifs is 5. The van der Waals surface area contributed by atoms with Gasteiger partial charge in [-0.15, -0.1) is 0 Å². The van der Waals surface area contributed by atoms with Crippen LogP contribution in [0.15, 0.2) is 49.1 Å². The van der Waals surface area contributed by atoms with Crippen molar-refractivity contribution in [1.29, 1.82) is 0 Å². The van der Waals surface area contributed by atoms with Gasteiger partial charge in [0.05, 0.1) is 0 Å². The molecule has 64 heavy (non-hydrogen) atoms. The van der Waals surface area contributed by atoms with E-state index < -0.39 is 91.4 Å². The van der Waals surface area contributed by atoms with Gasteiger partial charge in [0.15, 0.2) is 0 Å². The molecular weight excluding hydrogens is 952 g/mol. The molecule has 5 heterocycles. The Morgan fingerprint density at radius 3 is 2.56 bits per heavy atom. The molecule has 2 aromatic rings. The van der Waals surface area contributed by atoms with Gasteiger partial charge < -0.3 is 4.90 Å². The quantitative estimate of drug-likeness (QED) is 0.0986. The summed E-state index contributed by atoms with van der Waals surface area (Å²) in [7, 11) is -3.90. The number of hydrogen-bond donors (Lipinski definition) is 3. The maximum atomic E-state index is 15.0. The fraction of sp³-hybridized carbons (Fsp3) is 0.638. The monoisotopic (exact) mass is 1020 g/mol. The Kier molecular flexibility index (Phi) is 14.2. The molecule has 3 saturated heterocycles. The fourth-order valence-electron chi connectivity index (χ4n) is 9.66. The van der Waals surface area contributed by atoms with Gasteiger partial charge in [-0.25, -0.2) is 0 Å². The van der Waals surface area contributed by atoms with Crippen LogP contribution in [0.3, 0.4) is 0 Å². The predicted octanol–water partition coefficient (Wildman–Crippen LogP) is 2.12. The van der Waals surface area contributed by atoms with Crippen LogP contribution in [-0.4, -0.2) is 117 Å². The first-order valence-electron chi connectivity index (χ1n) is 23.2. The van der Waals surface area contributed by atoms with Gasteiger partial charge in [-0.2, -0.15) is 0 Å². The molecule has 15 nitrogen and oxygen atoms in total. The van der Waals surface area contributed by atoms with E-state index in [2.05, 4.69) is 39.0 Å². The van der Waals surface area contributed by atoms with Crippen molar-refractivity contribution in [3.8, 4) is 11.6 Å². The van der Waals surface area contributed by atoms with Crippen LogP contribution >= 0.6 is 0 Å². The number of benzene rings is 1. The number of para-hydroxylation sites is 1. The Morgan fingerprint density at radius 1 is 1.05 bits per heavy atom. The molecule has 0 radical (unpaired) electrons. The summed E-state index contributed by atoms with van der Waals surface area (Å²) in [6, 6.07) is 5.57. The van der Waals surface area contributed by atoms with E-state index in [4.69, 9.17) is 19.2 Å². The van der Waals surface area contributed by atoms with E-state index in [1.165, 1.54) is 24.2 Å². The van der Waals surface area contributed by atoms with E-state index in [-0.39, 0.29) is 25.0 Å². The number of alkyl halides is 2. The number of amides is 4. The van der Waals surface area contributed by atoms with Gasteiger partial charge in [0.25, 0.3) is 0 Å². The molecule has 6 aliphatic rings. The third kappa shape index (κ3) is 10.5. The number of aromatic nitrogens is 1. The SMILES string of the molecule is C=C[C@@H]1[I-][C@]1(NC(=O)[C@@H]1C[C@@H]2CN1C(=O)[C@H](C(C)(C)C)NC(=O)O[C@@H]1CCC[C@H]1CC/C=C/Cc1c(nc3ccccc3c1OCCCN1CCCCC1)O2)C(=O)NS(=O)(=O)C1CC1. The Balaban J connectivity index is 1.13. The molecule has 3 N–H and O–H groups in total. The molecule has 0 unspecified atom stereocenters. The van der Waals surface area contributed by atoms with Gasteiger partial charge in [-0.3, -0.25) is 0 Å². The minimum absolute atomic E-state index is 0.0318. The van der Waals surface area contributed by atoms with E-state index in [0.717, 1.165) is 69.1 Å². The van der Waals surface area contributed by atoms with Crippen LogP contribution in [0.2, 0.25) is 0 Å². The number of nitrogens with zero attached hydrogens (tertiary/aromatic N) is 3. The number of pyridine rings is 1. The van der Waals surface area contributed by atoms with Gasteiger partial charge in [-0.05, 0) is 58.0 Å². The maximum absolute atomic E-state index is 15.0. The number of allylic oxidation sites excluding steroid dienone is 2. The van der Waals surface area contributed by atoms with Gasteiger partial charge in [0, 0.05) is 6.54 Å². The molecule has 5 fully saturated rings. The van der Waals surface area contributed by atoms with Gasteiger partial charge in [0.2, 0.25) is 0 Å². The van der Waals surface area contributed by atoms with Crippen molar-refractivity contribution < 1.29 is 63.0 Å². The Hall–Kier alpha value is -3.97. The number of alkyl carbamates (subject to hydrolysis) is 1. The zero-order valence-corrected chi connectivity index (χ0v) is 40.3. The molecule has 2 bridgehead atoms. The van der Waals surface area contributed by atoms with Crippen molar-refractivity contribution in [2.75, 3.05) is 32.8 Å². The molecule has 2 aliphatic carbocycles. The molecule has 0 spiro atoms. The van der Waals surface area contributed by atoms with Crippen molar-refractivity contribution in [1.82, 2.24) is 30.1 Å². The average molecular weight is 1020 g/mol. The first kappa shape index (κ1) is 46.6. The molecule has 7 atom stereocenters. The van der Waals surface area contributed by atoms with E-state index in [1.807, 2.05) is 45.0 Å². The van der Waals surface area contributed by atoms with Gasteiger partial charge in [0.1, 0.15) is 0 Å². The number of ether oxygens (including phenoxy) is 3. The van der Waals surface area contributed by atoms with Crippen molar-refractivity contribution in [2.45, 2.75) is 141 Å². The summed E-state index contributed by atoms with van der Waals surface area (Å²) in [4.78, 5) is 66.1. The molecule has 350 valence electrons. The number of hydrogen-bond acceptors (Lipinski definition) is 11. The second kappa shape index (κ2) is 19.5. The van der Waals surface area contributed by atoms with E-state index in [0.29, 0.717) is 43.0 Å². The Morgan fingerprint density at radius 2 is 1.83 bits per heavy atom. The van der Waals surface area contributed by atoms with Crippen LogP contribution in [-0.2, 0) is 35.6 Å². The summed E-state index contributed by atoms with van der Waals surface area (Å²) in [5, 5.41) is 6.03. The van der Waals surface area contributed by atoms with Crippen molar-refractivity contribution in [3.05, 3.63) is 54.6 Å². The van der Waals surface area contributed by atoms with Crippen molar-refractivity contribution >= 4 is 44.7 Å². The molecule has 1 aromatic carbocycles. The van der Waals surface area contributed by atoms with E-state index >= 15 is 0 Å². The standard InChI is InChI=1S/C47H64IN6O9S/c1-5-38-47(48-38,44(57)52-64(59,60)32-22-23-32)51-41(55)36-28-31-29-54(36)43(56)40(46(2,3)4)50-45(58)63-37-21-14-17-30(37)16-8-6-9-19-34-39(61-27-15-26-53-24-12-7-13-25-53)33-18-10-11-20-35(33)49-42(34)62-31/h5-6,9-11,18,20,30-32,36-38,40H,1,7-8,12-17,19,21-29H2,2-4H3,(H,50,58)(H,51,55)(H,52,57)/q-1/b9-6+/t30-,31-,36+,37-,38+,40-,47-/m1/s1. The Labute approximate surface area is 387 Å². The van der Waals surface area contributed by atoms with E-state index in [1.54, 1.807) is 6.08 Å². The molecular formula is C47H64IN6O9S-. The van der Waals surface area contributed by atoms with E-state index in [9.17, 15) is 27.6 Å². The molecule has 4 aliphatic heterocycles. The third-order valence-electron chi connectivity index (χ3n) is 13.4. The number of carbonyl (C=O) groups excluding carboxylic acids is 4. The topological polar surface area (TPSA) is 186 Å². The van der Waals surface area contributed by atoms with Gasteiger partial charge >= 0.3 is 308 Å². The predicted molar refractivity (Wildman–Crippen MR) is 238 cm³/mol. The third-order valence-corrected chi connectivity index (χ3v) is 19.1. The molecule has 4 amide bonds. The van der Waals surface area contributed by atoms with Crippen LogP contribution < -0.4 is 46.0 Å². The number of sulfonamides is 1. The van der Waals surface area contributed by atoms with Gasteiger partial charge in [-0.1, -0.05) is 12.5 Å². The minimum atomic E-state index is -3.90. The molecule has 17 heteroatoms. The number of rotatable bonds is 11. The summed E-state index contributed by atoms with van der Waals surface area (Å²) in [5.74, 6) is -0.702. The first-order chi connectivity index (χ1) is 30.7. The zero-order chi connectivity index (χ0) is 45.2. The normalized spacial score (nSPS) is 29.9. The van der Waals surface area contributed by atoms with Crippen LogP contribution in [0.4, 0.5) is 4.79 Å². The van der Waals surface area contributed by atoms with Crippen LogP contribution in [0.5, 0.6) is 11.6 Å². The Bertz CT molecular complexity index is 2240. The van der Waals surface area contributed by atoms with Crippen molar-refractivity contribution in [2.24, 2.45) is 11.3 Å².